The van der Waals surface area contributed by atoms with Gasteiger partial charge in [-0.15, -0.1) is 16.4 Å². The summed E-state index contributed by atoms with van der Waals surface area (Å²) >= 11 is 1.63. The van der Waals surface area contributed by atoms with Crippen molar-refractivity contribution in [3.05, 3.63) is 16.3 Å². The van der Waals surface area contributed by atoms with Crippen LogP contribution in [0.5, 0.6) is 6.01 Å². The molecule has 9 heteroatoms. The summed E-state index contributed by atoms with van der Waals surface area (Å²) in [6.45, 7) is 8.44. The van der Waals surface area contributed by atoms with Gasteiger partial charge >= 0.3 is 12.0 Å². The van der Waals surface area contributed by atoms with E-state index in [1.807, 2.05) is 6.92 Å². The number of carbonyl (C=O) groups is 1. The summed E-state index contributed by atoms with van der Waals surface area (Å²) < 4.78 is 17.9. The maximum Gasteiger partial charge on any atom is 0.344 e. The van der Waals surface area contributed by atoms with Crippen LogP contribution in [0.3, 0.4) is 0 Å². The lowest BCUT2D eigenvalue weighted by Gasteiger charge is -2.30. The summed E-state index contributed by atoms with van der Waals surface area (Å²) in [6, 6.07) is 0.140. The number of hydrogen-bond acceptors (Lipinski definition) is 8. The van der Waals surface area contributed by atoms with Crippen molar-refractivity contribution in [2.75, 3.05) is 13.2 Å². The van der Waals surface area contributed by atoms with Gasteiger partial charge in [0.1, 0.15) is 10.7 Å². The van der Waals surface area contributed by atoms with Gasteiger partial charge < -0.3 is 14.2 Å². The molecule has 3 aromatic heterocycles. The Morgan fingerprint density at radius 2 is 2.19 bits per heavy atom. The van der Waals surface area contributed by atoms with Gasteiger partial charge in [0.25, 0.3) is 0 Å². The maximum absolute atomic E-state index is 11.5. The number of rotatable bonds is 4. The molecule has 26 heavy (non-hydrogen) atoms. The molecule has 0 unspecified atom stereocenters. The zero-order chi connectivity index (χ0) is 18.5. The molecule has 4 rings (SSSR count). The van der Waals surface area contributed by atoms with Gasteiger partial charge in [0.15, 0.2) is 12.3 Å². The number of nitrogens with zero attached hydrogens (tertiary/aromatic N) is 4. The molecular weight excluding hydrogens is 356 g/mol. The summed E-state index contributed by atoms with van der Waals surface area (Å²) in [6.07, 6.45) is 0.786. The fourth-order valence-electron chi connectivity index (χ4n) is 3.11. The molecule has 0 radical (unpaired) electrons. The van der Waals surface area contributed by atoms with Crippen LogP contribution in [-0.2, 0) is 27.3 Å². The summed E-state index contributed by atoms with van der Waals surface area (Å²) in [5.41, 5.74) is 1.68. The van der Waals surface area contributed by atoms with Gasteiger partial charge in [0, 0.05) is 11.3 Å². The van der Waals surface area contributed by atoms with Crippen LogP contribution < -0.4 is 4.74 Å². The smallest absolute Gasteiger partial charge is 0.344 e. The van der Waals surface area contributed by atoms with Crippen LogP contribution in [0.1, 0.15) is 37.0 Å². The number of fused-ring (bicyclic) bond motifs is 5. The molecule has 0 aromatic carbocycles. The molecular formula is C17H20N4O4S. The Labute approximate surface area is 154 Å². The van der Waals surface area contributed by atoms with Crippen molar-refractivity contribution in [2.45, 2.75) is 46.3 Å². The largest absolute Gasteiger partial charge is 0.463 e. The van der Waals surface area contributed by atoms with E-state index in [4.69, 9.17) is 14.2 Å². The van der Waals surface area contributed by atoms with Gasteiger partial charge in [-0.2, -0.15) is 9.50 Å². The van der Waals surface area contributed by atoms with Crippen LogP contribution in [0, 0.1) is 6.92 Å². The topological polar surface area (TPSA) is 87.8 Å². The van der Waals surface area contributed by atoms with Crippen molar-refractivity contribution in [2.24, 2.45) is 0 Å². The van der Waals surface area contributed by atoms with Crippen molar-refractivity contribution < 1.29 is 19.0 Å². The first-order chi connectivity index (χ1) is 12.4. The predicted octanol–water partition coefficient (Wildman–Crippen LogP) is 2.44. The average molecular weight is 376 g/mol. The lowest BCUT2D eigenvalue weighted by molar-refractivity contribution is -0.145. The molecule has 4 heterocycles. The molecule has 0 spiro atoms. The third-order valence-electron chi connectivity index (χ3n) is 4.27. The minimum atomic E-state index is -0.446. The Hall–Kier alpha value is -2.26. The number of hydrogen-bond donors (Lipinski definition) is 0. The first kappa shape index (κ1) is 17.2. The molecule has 1 aliphatic heterocycles. The third-order valence-corrected chi connectivity index (χ3v) is 5.37. The van der Waals surface area contributed by atoms with Gasteiger partial charge in [-0.3, -0.25) is 0 Å². The van der Waals surface area contributed by atoms with Crippen LogP contribution in [0.2, 0.25) is 0 Å². The summed E-state index contributed by atoms with van der Waals surface area (Å²) in [5.74, 6) is 0.267. The summed E-state index contributed by atoms with van der Waals surface area (Å²) in [5, 5.41) is 5.34. The molecule has 3 aromatic rings. The predicted molar refractivity (Wildman–Crippen MR) is 95.6 cm³/mol. The fraction of sp³-hybridized carbons (Fsp3) is 0.529. The van der Waals surface area contributed by atoms with Gasteiger partial charge in [-0.05, 0) is 33.3 Å². The molecule has 0 bridgehead atoms. The Balaban J connectivity index is 1.79. The van der Waals surface area contributed by atoms with Crippen molar-refractivity contribution >= 4 is 33.2 Å². The highest BCUT2D eigenvalue weighted by atomic mass is 32.1. The van der Waals surface area contributed by atoms with Gasteiger partial charge in [0.05, 0.1) is 24.2 Å². The number of aryl methyl sites for hydroxylation is 1. The molecule has 0 saturated heterocycles. The van der Waals surface area contributed by atoms with Crippen molar-refractivity contribution in [1.82, 2.24) is 19.6 Å². The molecule has 0 aliphatic carbocycles. The first-order valence-electron chi connectivity index (χ1n) is 8.48. The molecule has 138 valence electrons. The molecule has 1 aliphatic rings. The average Bonchev–Trinajstić information content (AvgIpc) is 3.13. The van der Waals surface area contributed by atoms with E-state index in [-0.39, 0.29) is 18.2 Å². The van der Waals surface area contributed by atoms with E-state index in [0.717, 1.165) is 16.6 Å². The molecule has 0 amide bonds. The molecule has 0 atom stereocenters. The molecule has 0 saturated carbocycles. The fourth-order valence-corrected chi connectivity index (χ4v) is 4.25. The van der Waals surface area contributed by atoms with Gasteiger partial charge in [0.2, 0.25) is 0 Å². The van der Waals surface area contributed by atoms with E-state index in [0.29, 0.717) is 24.7 Å². The van der Waals surface area contributed by atoms with Crippen molar-refractivity contribution in [1.29, 1.82) is 0 Å². The minimum Gasteiger partial charge on any atom is -0.463 e. The number of aromatic nitrogens is 4. The van der Waals surface area contributed by atoms with Gasteiger partial charge in [-0.25, -0.2) is 9.78 Å². The maximum atomic E-state index is 11.5. The van der Waals surface area contributed by atoms with E-state index >= 15 is 0 Å². The van der Waals surface area contributed by atoms with Crippen molar-refractivity contribution in [3.63, 3.8) is 0 Å². The zero-order valence-corrected chi connectivity index (χ0v) is 16.0. The Kier molecular flexibility index (Phi) is 4.07. The van der Waals surface area contributed by atoms with E-state index in [9.17, 15) is 4.79 Å². The number of thiophene rings is 1. The monoisotopic (exact) mass is 376 g/mol. The zero-order valence-electron chi connectivity index (χ0n) is 15.2. The SMILES string of the molecule is CCOC(=O)COc1nc2c3c4c(sc3nc(C)n2n1)COC(C)(C)C4. The highest BCUT2D eigenvalue weighted by molar-refractivity contribution is 7.19. The highest BCUT2D eigenvalue weighted by Crippen LogP contribution is 2.40. The van der Waals surface area contributed by atoms with E-state index < -0.39 is 5.97 Å². The van der Waals surface area contributed by atoms with Crippen LogP contribution >= 0.6 is 11.3 Å². The second kappa shape index (κ2) is 6.17. The molecule has 0 fully saturated rings. The summed E-state index contributed by atoms with van der Waals surface area (Å²) in [7, 11) is 0. The van der Waals surface area contributed by atoms with Crippen molar-refractivity contribution in [3.8, 4) is 6.01 Å². The van der Waals surface area contributed by atoms with E-state index in [1.54, 1.807) is 22.8 Å². The lowest BCUT2D eigenvalue weighted by Crippen LogP contribution is -2.31. The van der Waals surface area contributed by atoms with E-state index in [1.165, 1.54) is 10.4 Å². The van der Waals surface area contributed by atoms with Crippen LogP contribution in [0.4, 0.5) is 0 Å². The first-order valence-corrected chi connectivity index (χ1v) is 9.29. The Bertz CT molecular complexity index is 1010. The van der Waals surface area contributed by atoms with E-state index in [2.05, 4.69) is 28.9 Å². The summed E-state index contributed by atoms with van der Waals surface area (Å²) in [4.78, 5) is 22.8. The van der Waals surface area contributed by atoms with Gasteiger partial charge in [-0.1, -0.05) is 0 Å². The molecule has 0 N–H and O–H groups in total. The van der Waals surface area contributed by atoms with Crippen LogP contribution in [0.25, 0.3) is 15.9 Å². The van der Waals surface area contributed by atoms with Crippen LogP contribution in [-0.4, -0.2) is 44.4 Å². The normalized spacial score (nSPS) is 16.0. The quantitative estimate of drug-likeness (QED) is 0.646. The second-order valence-electron chi connectivity index (χ2n) is 6.79. The minimum absolute atomic E-state index is 0.140. The number of esters is 1. The van der Waals surface area contributed by atoms with Crippen LogP contribution in [0.15, 0.2) is 0 Å². The Morgan fingerprint density at radius 3 is 2.96 bits per heavy atom. The number of carbonyl (C=O) groups excluding carboxylic acids is 1. The third kappa shape index (κ3) is 2.90. The second-order valence-corrected chi connectivity index (χ2v) is 7.88. The lowest BCUT2D eigenvalue weighted by atomic mass is 9.94. The highest BCUT2D eigenvalue weighted by Gasteiger charge is 2.31. The number of ether oxygens (including phenoxy) is 3. The Morgan fingerprint density at radius 1 is 1.38 bits per heavy atom. The molecule has 8 nitrogen and oxygen atoms in total. The standard InChI is InChI=1S/C17H20N4O4S/c1-5-23-12(22)8-24-16-19-14-13-10-6-17(3,4)25-7-11(10)26-15(13)18-9(2)21(14)20-16/h5-8H2,1-4H3.